The van der Waals surface area contributed by atoms with Crippen LogP contribution in [0.5, 0.6) is 0 Å². The summed E-state index contributed by atoms with van der Waals surface area (Å²) in [6, 6.07) is 19.4. The highest BCUT2D eigenvalue weighted by atomic mass is 35.5. The maximum Gasteiger partial charge on any atom is 0.264 e. The monoisotopic (exact) mass is 582 g/mol. The number of amides is 1. The van der Waals surface area contributed by atoms with E-state index in [2.05, 4.69) is 18.7 Å². The minimum Gasteiger partial charge on any atom is -0.302 e. The van der Waals surface area contributed by atoms with E-state index in [-0.39, 0.29) is 10.8 Å². The zero-order valence-corrected chi connectivity index (χ0v) is 24.4. The van der Waals surface area contributed by atoms with Gasteiger partial charge in [0.1, 0.15) is 5.52 Å². The number of carbonyl (C=O) groups is 1. The zero-order valence-electron chi connectivity index (χ0n) is 22.0. The van der Waals surface area contributed by atoms with Crippen LogP contribution in [0.2, 0.25) is 5.02 Å². The molecule has 39 heavy (non-hydrogen) atoms. The van der Waals surface area contributed by atoms with Crippen LogP contribution in [0.15, 0.2) is 71.6 Å². The number of halogens is 1. The molecule has 1 aliphatic heterocycles. The number of aromatic nitrogens is 1. The molecule has 3 aromatic carbocycles. The number of fused-ring (bicyclic) bond motifs is 2. The Hall–Kier alpha value is -2.98. The first-order valence-electron chi connectivity index (χ1n) is 13.1. The van der Waals surface area contributed by atoms with Crippen LogP contribution >= 0.6 is 22.9 Å². The van der Waals surface area contributed by atoms with Crippen LogP contribution in [-0.4, -0.2) is 56.9 Å². The van der Waals surface area contributed by atoms with E-state index in [1.807, 2.05) is 36.4 Å². The molecule has 0 spiro atoms. The highest BCUT2D eigenvalue weighted by Gasteiger charge is 2.29. The summed E-state index contributed by atoms with van der Waals surface area (Å²) in [5, 5.41) is 1.11. The molecule has 1 amide bonds. The molecule has 1 aliphatic rings. The van der Waals surface area contributed by atoms with Gasteiger partial charge in [0, 0.05) is 25.2 Å². The van der Waals surface area contributed by atoms with Crippen LogP contribution in [0.1, 0.15) is 36.2 Å². The lowest BCUT2D eigenvalue weighted by Gasteiger charge is -2.30. The van der Waals surface area contributed by atoms with Crippen molar-refractivity contribution < 1.29 is 13.2 Å². The largest absolute Gasteiger partial charge is 0.302 e. The predicted octanol–water partition coefficient (Wildman–Crippen LogP) is 6.08. The third-order valence-corrected chi connectivity index (χ3v) is 10.3. The molecular weight excluding hydrogens is 552 g/mol. The second kappa shape index (κ2) is 11.6. The van der Waals surface area contributed by atoms with Crippen LogP contribution < -0.4 is 9.21 Å². The summed E-state index contributed by atoms with van der Waals surface area (Å²) < 4.78 is 29.5. The van der Waals surface area contributed by atoms with Crippen molar-refractivity contribution in [1.29, 1.82) is 0 Å². The molecule has 5 rings (SSSR count). The van der Waals surface area contributed by atoms with Gasteiger partial charge in [-0.05, 0) is 74.0 Å². The fourth-order valence-corrected chi connectivity index (χ4v) is 7.72. The second-order valence-electron chi connectivity index (χ2n) is 9.40. The van der Waals surface area contributed by atoms with Gasteiger partial charge in [-0.2, -0.15) is 0 Å². The number of rotatable bonds is 9. The number of sulfonamides is 1. The number of para-hydroxylation sites is 2. The maximum atomic E-state index is 13.8. The summed E-state index contributed by atoms with van der Waals surface area (Å²) in [5.41, 5.74) is 2.82. The SMILES string of the molecule is CCN(CC)CCN(C(=O)c1ccc(S(=O)(=O)N2CCCc3ccccc32)cc1)c1nc2c(Cl)cccc2s1. The van der Waals surface area contributed by atoms with Crippen molar-refractivity contribution in [3.63, 3.8) is 0 Å². The van der Waals surface area contributed by atoms with Gasteiger partial charge in [0.25, 0.3) is 15.9 Å². The molecule has 4 aromatic rings. The Morgan fingerprint density at radius 2 is 1.74 bits per heavy atom. The normalized spacial score (nSPS) is 13.6. The molecule has 2 heterocycles. The molecule has 0 saturated carbocycles. The molecule has 7 nitrogen and oxygen atoms in total. The van der Waals surface area contributed by atoms with Gasteiger partial charge in [0.2, 0.25) is 0 Å². The first-order valence-corrected chi connectivity index (χ1v) is 15.8. The van der Waals surface area contributed by atoms with Crippen molar-refractivity contribution in [2.24, 2.45) is 0 Å². The van der Waals surface area contributed by atoms with Gasteiger partial charge in [0.05, 0.1) is 20.3 Å². The molecule has 0 unspecified atom stereocenters. The standard InChI is InChI=1S/C29H31ClN4O3S2/c1-3-32(4-2)19-20-33(29-31-27-24(30)11-7-13-26(27)38-29)28(35)22-14-16-23(17-15-22)39(36,37)34-18-8-10-21-9-5-6-12-25(21)34/h5-7,9,11-17H,3-4,8,10,18-20H2,1-2H3. The molecule has 0 aliphatic carbocycles. The van der Waals surface area contributed by atoms with Crippen LogP contribution in [0.4, 0.5) is 10.8 Å². The molecule has 0 saturated heterocycles. The molecular formula is C29H31ClN4O3S2. The smallest absolute Gasteiger partial charge is 0.264 e. The van der Waals surface area contributed by atoms with E-state index < -0.39 is 10.0 Å². The maximum absolute atomic E-state index is 13.8. The number of benzene rings is 3. The van der Waals surface area contributed by atoms with Crippen molar-refractivity contribution in [3.8, 4) is 0 Å². The van der Waals surface area contributed by atoms with Crippen LogP contribution in [0, 0.1) is 0 Å². The lowest BCUT2D eigenvalue weighted by atomic mass is 10.0. The highest BCUT2D eigenvalue weighted by Crippen LogP contribution is 2.34. The molecule has 204 valence electrons. The van der Waals surface area contributed by atoms with E-state index in [1.54, 1.807) is 23.1 Å². The third-order valence-electron chi connectivity index (χ3n) is 7.13. The summed E-state index contributed by atoms with van der Waals surface area (Å²) in [4.78, 5) is 22.6. The van der Waals surface area contributed by atoms with Crippen LogP contribution in [0.3, 0.4) is 0 Å². The van der Waals surface area contributed by atoms with E-state index in [0.29, 0.717) is 40.9 Å². The number of thiazole rings is 1. The van der Waals surface area contributed by atoms with Crippen LogP contribution in [0.25, 0.3) is 10.2 Å². The number of likely N-dealkylation sites (N-methyl/N-ethyl adjacent to an activating group) is 1. The van der Waals surface area contributed by atoms with E-state index in [1.165, 1.54) is 27.8 Å². The Bertz CT molecular complexity index is 1580. The van der Waals surface area contributed by atoms with Crippen LogP contribution in [-0.2, 0) is 16.4 Å². The molecule has 10 heteroatoms. The van der Waals surface area contributed by atoms with E-state index in [9.17, 15) is 13.2 Å². The Labute approximate surface area is 238 Å². The quantitative estimate of drug-likeness (QED) is 0.239. The highest BCUT2D eigenvalue weighted by molar-refractivity contribution is 7.92. The minimum absolute atomic E-state index is 0.164. The Morgan fingerprint density at radius 3 is 2.46 bits per heavy atom. The first-order chi connectivity index (χ1) is 18.8. The first kappa shape index (κ1) is 27.6. The van der Waals surface area contributed by atoms with Gasteiger partial charge in [0.15, 0.2) is 5.13 Å². The van der Waals surface area contributed by atoms with Crippen molar-refractivity contribution in [2.75, 3.05) is 41.9 Å². The lowest BCUT2D eigenvalue weighted by Crippen LogP contribution is -2.39. The number of hydrogen-bond acceptors (Lipinski definition) is 6. The number of carbonyl (C=O) groups excluding carboxylic acids is 1. The summed E-state index contributed by atoms with van der Waals surface area (Å²) in [7, 11) is -3.76. The molecule has 0 fully saturated rings. The molecule has 0 atom stereocenters. The Balaban J connectivity index is 1.44. The van der Waals surface area contributed by atoms with Gasteiger partial charge in [-0.15, -0.1) is 0 Å². The Morgan fingerprint density at radius 1 is 1.00 bits per heavy atom. The average Bonchev–Trinajstić information content (AvgIpc) is 3.40. The molecule has 1 aromatic heterocycles. The summed E-state index contributed by atoms with van der Waals surface area (Å²) >= 11 is 7.79. The van der Waals surface area contributed by atoms with Crippen molar-refractivity contribution in [1.82, 2.24) is 9.88 Å². The van der Waals surface area contributed by atoms with E-state index in [0.717, 1.165) is 41.9 Å². The molecule has 0 N–H and O–H groups in total. The molecule has 0 bridgehead atoms. The van der Waals surface area contributed by atoms with Crippen molar-refractivity contribution >= 4 is 59.9 Å². The average molecular weight is 583 g/mol. The summed E-state index contributed by atoms with van der Waals surface area (Å²) in [6.45, 7) is 7.48. The van der Waals surface area contributed by atoms with Gasteiger partial charge in [-0.25, -0.2) is 13.4 Å². The van der Waals surface area contributed by atoms with Gasteiger partial charge < -0.3 is 4.90 Å². The lowest BCUT2D eigenvalue weighted by molar-refractivity contribution is 0.0983. The minimum atomic E-state index is -3.76. The number of aryl methyl sites for hydroxylation is 1. The van der Waals surface area contributed by atoms with Crippen molar-refractivity contribution in [2.45, 2.75) is 31.6 Å². The third kappa shape index (κ3) is 5.54. The number of anilines is 2. The van der Waals surface area contributed by atoms with Gasteiger partial charge >= 0.3 is 0 Å². The van der Waals surface area contributed by atoms with E-state index >= 15 is 0 Å². The fraction of sp³-hybridized carbons (Fsp3) is 0.310. The van der Waals surface area contributed by atoms with Crippen molar-refractivity contribution in [3.05, 3.63) is 82.9 Å². The second-order valence-corrected chi connectivity index (χ2v) is 12.7. The fourth-order valence-electron chi connectivity index (χ4n) is 4.89. The summed E-state index contributed by atoms with van der Waals surface area (Å²) in [5.74, 6) is -0.232. The topological polar surface area (TPSA) is 73.8 Å². The zero-order chi connectivity index (χ0) is 27.6. The van der Waals surface area contributed by atoms with Gasteiger partial charge in [-0.3, -0.25) is 14.0 Å². The van der Waals surface area contributed by atoms with E-state index in [4.69, 9.17) is 16.6 Å². The Kier molecular flexibility index (Phi) is 8.23. The molecule has 0 radical (unpaired) electrons. The summed E-state index contributed by atoms with van der Waals surface area (Å²) in [6.07, 6.45) is 1.62. The predicted molar refractivity (Wildman–Crippen MR) is 160 cm³/mol. The number of nitrogens with zero attached hydrogens (tertiary/aromatic N) is 4. The van der Waals surface area contributed by atoms with Gasteiger partial charge in [-0.1, -0.05) is 61.1 Å². The number of hydrogen-bond donors (Lipinski definition) is 0.